The fourth-order valence-corrected chi connectivity index (χ4v) is 6.01. The van der Waals surface area contributed by atoms with Gasteiger partial charge < -0.3 is 4.42 Å². The van der Waals surface area contributed by atoms with Gasteiger partial charge in [0.1, 0.15) is 16.8 Å². The Morgan fingerprint density at radius 2 is 1.09 bits per heavy atom. The topological polar surface area (TPSA) is 90.5 Å². The molecule has 0 amide bonds. The van der Waals surface area contributed by atoms with Crippen LogP contribution in [0.2, 0.25) is 0 Å². The minimum Gasteiger partial charge on any atom is -0.454 e. The summed E-state index contributed by atoms with van der Waals surface area (Å²) < 4.78 is 6.04. The van der Waals surface area contributed by atoms with Crippen LogP contribution in [0.5, 0.6) is 0 Å². The van der Waals surface area contributed by atoms with Gasteiger partial charge in [0.05, 0.1) is 16.6 Å². The van der Waals surface area contributed by atoms with Crippen LogP contribution in [0.4, 0.5) is 0 Å². The van der Waals surface area contributed by atoms with Gasteiger partial charge in [-0.15, -0.1) is 0 Å². The van der Waals surface area contributed by atoms with Crippen LogP contribution in [-0.4, -0.2) is 29.9 Å². The van der Waals surface area contributed by atoms with E-state index in [9.17, 15) is 0 Å². The van der Waals surface area contributed by atoms with E-state index in [4.69, 9.17) is 29.3 Å². The molecule has 0 aliphatic heterocycles. The first-order chi connectivity index (χ1) is 23.3. The van der Waals surface area contributed by atoms with Crippen molar-refractivity contribution in [2.24, 2.45) is 0 Å². The largest absolute Gasteiger partial charge is 0.454 e. The third-order valence-electron chi connectivity index (χ3n) is 8.27. The van der Waals surface area contributed by atoms with Crippen molar-refractivity contribution in [3.8, 4) is 56.7 Å². The maximum atomic E-state index is 6.04. The minimum atomic E-state index is 0.622. The summed E-state index contributed by atoms with van der Waals surface area (Å²) in [5.41, 5.74) is 9.59. The highest BCUT2D eigenvalue weighted by atomic mass is 16.3. The molecular weight excluding hydrogens is 580 g/mol. The molecule has 47 heavy (non-hydrogen) atoms. The number of hydrogen-bond acceptors (Lipinski definition) is 7. The lowest BCUT2D eigenvalue weighted by Gasteiger charge is -2.10. The van der Waals surface area contributed by atoms with Crippen LogP contribution in [0.15, 0.2) is 150 Å². The van der Waals surface area contributed by atoms with E-state index in [0.717, 1.165) is 72.2 Å². The first-order valence-electron chi connectivity index (χ1n) is 15.3. The number of furan rings is 1. The van der Waals surface area contributed by atoms with Crippen molar-refractivity contribution >= 4 is 33.0 Å². The fourth-order valence-electron chi connectivity index (χ4n) is 6.01. The van der Waals surface area contributed by atoms with Crippen LogP contribution in [-0.2, 0) is 0 Å². The molecule has 0 aliphatic rings. The van der Waals surface area contributed by atoms with Crippen molar-refractivity contribution in [1.29, 1.82) is 0 Å². The molecule has 9 rings (SSSR count). The van der Waals surface area contributed by atoms with Gasteiger partial charge in [-0.05, 0) is 47.5 Å². The van der Waals surface area contributed by atoms with Gasteiger partial charge in [-0.1, -0.05) is 97.1 Å². The molecule has 9 aromatic rings. The summed E-state index contributed by atoms with van der Waals surface area (Å²) in [5, 5.41) is 1.91. The van der Waals surface area contributed by atoms with Gasteiger partial charge in [0.25, 0.3) is 0 Å². The van der Waals surface area contributed by atoms with E-state index in [-0.39, 0.29) is 0 Å². The monoisotopic (exact) mass is 604 g/mol. The van der Waals surface area contributed by atoms with Gasteiger partial charge in [-0.2, -0.15) is 0 Å². The predicted molar refractivity (Wildman–Crippen MR) is 185 cm³/mol. The average molecular weight is 605 g/mol. The summed E-state index contributed by atoms with van der Waals surface area (Å²) in [7, 11) is 0. The van der Waals surface area contributed by atoms with Crippen LogP contribution in [0.25, 0.3) is 89.7 Å². The summed E-state index contributed by atoms with van der Waals surface area (Å²) in [6.45, 7) is 0. The zero-order chi connectivity index (χ0) is 31.2. The fraction of sp³-hybridized carbons (Fsp3) is 0. The standard InChI is InChI=1S/C40H24N6O/c1-3-9-26(10-4-1)38-44-39(27-11-5-2-6-12-27)46-40(45-38)28-18-16-25(17-19-28)29-13-7-14-31-30(29)20-21-32(43-31)36-35-33(22-24-42-36)47-34-15-8-23-41-37(34)35/h1-24H. The number of hydrogen-bond donors (Lipinski definition) is 0. The molecule has 0 N–H and O–H groups in total. The molecule has 0 spiro atoms. The van der Waals surface area contributed by atoms with E-state index in [1.807, 2.05) is 97.1 Å². The molecular formula is C40H24N6O. The molecule has 0 aliphatic carbocycles. The lowest BCUT2D eigenvalue weighted by Crippen LogP contribution is -2.00. The molecule has 220 valence electrons. The summed E-state index contributed by atoms with van der Waals surface area (Å²) in [6, 6.07) is 44.3. The van der Waals surface area contributed by atoms with E-state index in [1.165, 1.54) is 0 Å². The highest BCUT2D eigenvalue weighted by molar-refractivity contribution is 6.09. The Bertz CT molecular complexity index is 2510. The maximum Gasteiger partial charge on any atom is 0.164 e. The first kappa shape index (κ1) is 26.8. The molecule has 0 bridgehead atoms. The van der Waals surface area contributed by atoms with Crippen molar-refractivity contribution in [2.45, 2.75) is 0 Å². The zero-order valence-corrected chi connectivity index (χ0v) is 24.9. The Morgan fingerprint density at radius 3 is 1.79 bits per heavy atom. The lowest BCUT2D eigenvalue weighted by atomic mass is 9.98. The van der Waals surface area contributed by atoms with E-state index in [1.54, 1.807) is 12.4 Å². The Hall–Kier alpha value is -6.60. The van der Waals surface area contributed by atoms with Crippen LogP contribution in [0.1, 0.15) is 0 Å². The summed E-state index contributed by atoms with van der Waals surface area (Å²) in [4.78, 5) is 28.9. The van der Waals surface area contributed by atoms with Gasteiger partial charge in [-0.25, -0.2) is 19.9 Å². The Balaban J connectivity index is 1.10. The van der Waals surface area contributed by atoms with Gasteiger partial charge in [0, 0.05) is 34.5 Å². The molecule has 0 saturated carbocycles. The van der Waals surface area contributed by atoms with Crippen molar-refractivity contribution in [2.75, 3.05) is 0 Å². The number of benzene rings is 4. The van der Waals surface area contributed by atoms with Gasteiger partial charge in [0.15, 0.2) is 23.1 Å². The SMILES string of the molecule is c1ccc(-c2nc(-c3ccccc3)nc(-c3ccc(-c4cccc5nc(-c6nccc7oc8cccnc8c67)ccc45)cc3)n2)cc1. The van der Waals surface area contributed by atoms with Crippen molar-refractivity contribution < 1.29 is 4.42 Å². The highest BCUT2D eigenvalue weighted by Gasteiger charge is 2.17. The Labute approximate surface area is 269 Å². The minimum absolute atomic E-state index is 0.622. The van der Waals surface area contributed by atoms with Crippen LogP contribution in [0.3, 0.4) is 0 Å². The molecule has 4 aromatic carbocycles. The van der Waals surface area contributed by atoms with Crippen molar-refractivity contribution in [3.05, 3.63) is 146 Å². The van der Waals surface area contributed by atoms with E-state index >= 15 is 0 Å². The third-order valence-corrected chi connectivity index (χ3v) is 8.27. The summed E-state index contributed by atoms with van der Waals surface area (Å²) >= 11 is 0. The lowest BCUT2D eigenvalue weighted by molar-refractivity contribution is 0.667. The molecule has 0 unspecified atom stereocenters. The van der Waals surface area contributed by atoms with E-state index in [2.05, 4.69) is 41.4 Å². The molecule has 0 saturated heterocycles. The average Bonchev–Trinajstić information content (AvgIpc) is 3.54. The second-order valence-corrected chi connectivity index (χ2v) is 11.2. The second-order valence-electron chi connectivity index (χ2n) is 11.2. The number of fused-ring (bicyclic) bond motifs is 4. The van der Waals surface area contributed by atoms with Gasteiger partial charge in [0.2, 0.25) is 0 Å². The highest BCUT2D eigenvalue weighted by Crippen LogP contribution is 2.36. The second kappa shape index (κ2) is 11.1. The maximum absolute atomic E-state index is 6.04. The number of rotatable bonds is 5. The zero-order valence-electron chi connectivity index (χ0n) is 24.9. The normalized spacial score (nSPS) is 11.4. The van der Waals surface area contributed by atoms with Crippen LogP contribution >= 0.6 is 0 Å². The Morgan fingerprint density at radius 1 is 0.426 bits per heavy atom. The molecule has 5 aromatic heterocycles. The third kappa shape index (κ3) is 4.78. The van der Waals surface area contributed by atoms with Crippen LogP contribution < -0.4 is 0 Å². The molecule has 0 radical (unpaired) electrons. The molecule has 0 fully saturated rings. The number of pyridine rings is 3. The Kier molecular flexibility index (Phi) is 6.31. The molecule has 7 heteroatoms. The van der Waals surface area contributed by atoms with Crippen molar-refractivity contribution in [1.82, 2.24) is 29.9 Å². The van der Waals surface area contributed by atoms with Gasteiger partial charge >= 0.3 is 0 Å². The number of aromatic nitrogens is 6. The predicted octanol–water partition coefficient (Wildman–Crippen LogP) is 9.44. The van der Waals surface area contributed by atoms with E-state index in [0.29, 0.717) is 17.5 Å². The molecule has 5 heterocycles. The molecule has 0 atom stereocenters. The smallest absolute Gasteiger partial charge is 0.164 e. The van der Waals surface area contributed by atoms with Crippen molar-refractivity contribution in [3.63, 3.8) is 0 Å². The first-order valence-corrected chi connectivity index (χ1v) is 15.3. The summed E-state index contributed by atoms with van der Waals surface area (Å²) in [6.07, 6.45) is 3.52. The van der Waals surface area contributed by atoms with Crippen LogP contribution in [0, 0.1) is 0 Å². The molecule has 7 nitrogen and oxygen atoms in total. The number of nitrogens with zero attached hydrogens (tertiary/aromatic N) is 6. The summed E-state index contributed by atoms with van der Waals surface area (Å²) in [5.74, 6) is 1.90. The van der Waals surface area contributed by atoms with Gasteiger partial charge in [-0.3, -0.25) is 9.97 Å². The van der Waals surface area contributed by atoms with E-state index < -0.39 is 0 Å². The quantitative estimate of drug-likeness (QED) is 0.193.